The molecule has 1 aromatic heterocycles. The van der Waals surface area contributed by atoms with Gasteiger partial charge in [0.05, 0.1) is 24.1 Å². The van der Waals surface area contributed by atoms with Gasteiger partial charge in [-0.05, 0) is 31.2 Å². The summed E-state index contributed by atoms with van der Waals surface area (Å²) in [6.45, 7) is 4.28. The van der Waals surface area contributed by atoms with Crippen LogP contribution < -0.4 is 19.5 Å². The number of ether oxygens (including phenoxy) is 3. The Balaban J connectivity index is 1.28. The first kappa shape index (κ1) is 18.9. The van der Waals surface area contributed by atoms with E-state index in [1.54, 1.807) is 18.0 Å². The molecule has 8 nitrogen and oxygen atoms in total. The van der Waals surface area contributed by atoms with Gasteiger partial charge in [0.15, 0.2) is 11.5 Å². The molecule has 0 saturated heterocycles. The Kier molecular flexibility index (Phi) is 5.41. The zero-order valence-electron chi connectivity index (χ0n) is 16.6. The van der Waals surface area contributed by atoms with Gasteiger partial charge in [-0.1, -0.05) is 12.1 Å². The van der Waals surface area contributed by atoms with Gasteiger partial charge in [-0.2, -0.15) is 0 Å². The van der Waals surface area contributed by atoms with E-state index in [1.807, 2.05) is 36.4 Å². The van der Waals surface area contributed by atoms with Gasteiger partial charge in [0.1, 0.15) is 18.2 Å². The minimum absolute atomic E-state index is 0.172. The van der Waals surface area contributed by atoms with E-state index in [0.29, 0.717) is 36.9 Å². The number of hydrogen-bond acceptors (Lipinski definition) is 5. The molecule has 0 fully saturated rings. The van der Waals surface area contributed by atoms with Crippen molar-refractivity contribution in [2.45, 2.75) is 20.0 Å². The number of nitrogens with one attached hydrogen (secondary N) is 1. The summed E-state index contributed by atoms with van der Waals surface area (Å²) in [5.41, 5.74) is 2.02. The lowest BCUT2D eigenvalue weighted by molar-refractivity contribution is 0.173. The van der Waals surface area contributed by atoms with E-state index in [4.69, 9.17) is 14.2 Å². The molecule has 0 radical (unpaired) electrons. The Morgan fingerprint density at radius 1 is 1.24 bits per heavy atom. The molecule has 29 heavy (non-hydrogen) atoms. The molecule has 1 aliphatic rings. The normalized spacial score (nSPS) is 12.2. The van der Waals surface area contributed by atoms with E-state index in [1.165, 1.54) is 0 Å². The zero-order chi connectivity index (χ0) is 20.2. The Morgan fingerprint density at radius 3 is 2.93 bits per heavy atom. The summed E-state index contributed by atoms with van der Waals surface area (Å²) in [6, 6.07) is 13.2. The maximum absolute atomic E-state index is 12.4. The fraction of sp³-hybridized carbons (Fsp3) is 0.333. The van der Waals surface area contributed by atoms with Crippen LogP contribution >= 0.6 is 0 Å². The lowest BCUT2D eigenvalue weighted by Crippen LogP contribution is -2.39. The molecule has 4 rings (SSSR count). The summed E-state index contributed by atoms with van der Waals surface area (Å²) in [7, 11) is 1.76. The number of imidazole rings is 1. The summed E-state index contributed by atoms with van der Waals surface area (Å²) in [4.78, 5) is 18.7. The number of urea groups is 1. The number of carbonyl (C=O) groups excluding carboxylic acids is 1. The predicted octanol–water partition coefficient (Wildman–Crippen LogP) is 3.01. The molecule has 3 aromatic rings. The first-order valence-electron chi connectivity index (χ1n) is 9.61. The second-order valence-corrected chi connectivity index (χ2v) is 6.71. The van der Waals surface area contributed by atoms with Crippen LogP contribution in [-0.4, -0.2) is 47.5 Å². The molecule has 2 heterocycles. The number of fused-ring (bicyclic) bond motifs is 2. The highest BCUT2D eigenvalue weighted by Gasteiger charge is 2.15. The second kappa shape index (κ2) is 8.30. The number of hydrogen-bond donors (Lipinski definition) is 1. The Bertz CT molecular complexity index is 1020. The average molecular weight is 396 g/mol. The fourth-order valence-corrected chi connectivity index (χ4v) is 3.31. The fourth-order valence-electron chi connectivity index (χ4n) is 3.31. The van der Waals surface area contributed by atoms with Gasteiger partial charge < -0.3 is 29.0 Å². The minimum Gasteiger partial charge on any atom is -0.492 e. The molecule has 0 spiro atoms. The van der Waals surface area contributed by atoms with Crippen LogP contribution in [0.5, 0.6) is 17.2 Å². The lowest BCUT2D eigenvalue weighted by atomic mass is 10.3. The third-order valence-electron chi connectivity index (χ3n) is 4.77. The van der Waals surface area contributed by atoms with Crippen LogP contribution in [0.3, 0.4) is 0 Å². The molecule has 0 aliphatic carbocycles. The highest BCUT2D eigenvalue weighted by Crippen LogP contribution is 2.34. The van der Waals surface area contributed by atoms with E-state index < -0.39 is 0 Å². The molecule has 0 atom stereocenters. The van der Waals surface area contributed by atoms with Crippen molar-refractivity contribution in [2.75, 3.05) is 27.0 Å². The summed E-state index contributed by atoms with van der Waals surface area (Å²) >= 11 is 0. The maximum atomic E-state index is 12.4. The van der Waals surface area contributed by atoms with Crippen molar-refractivity contribution >= 4 is 17.1 Å². The number of para-hydroxylation sites is 2. The largest absolute Gasteiger partial charge is 0.492 e. The molecule has 0 unspecified atom stereocenters. The van der Waals surface area contributed by atoms with Crippen LogP contribution in [0.25, 0.3) is 11.0 Å². The van der Waals surface area contributed by atoms with E-state index in [2.05, 4.69) is 21.8 Å². The van der Waals surface area contributed by atoms with Crippen LogP contribution in [0.15, 0.2) is 42.5 Å². The first-order valence-corrected chi connectivity index (χ1v) is 9.61. The quantitative estimate of drug-likeness (QED) is 0.621. The molecule has 2 amide bonds. The Hall–Kier alpha value is -3.42. The molecular weight excluding hydrogens is 372 g/mol. The van der Waals surface area contributed by atoms with Crippen molar-refractivity contribution in [3.05, 3.63) is 48.3 Å². The Labute approximate surface area is 169 Å². The van der Waals surface area contributed by atoms with E-state index in [-0.39, 0.29) is 12.8 Å². The van der Waals surface area contributed by atoms with Gasteiger partial charge in [0.25, 0.3) is 0 Å². The summed E-state index contributed by atoms with van der Waals surface area (Å²) in [5, 5.41) is 2.87. The molecule has 8 heteroatoms. The number of rotatable bonds is 7. The van der Waals surface area contributed by atoms with Crippen LogP contribution in [-0.2, 0) is 13.1 Å². The third-order valence-corrected chi connectivity index (χ3v) is 4.77. The van der Waals surface area contributed by atoms with Crippen molar-refractivity contribution < 1.29 is 19.0 Å². The van der Waals surface area contributed by atoms with E-state index in [9.17, 15) is 4.79 Å². The molecular formula is C21H24N4O4. The minimum atomic E-state index is -0.172. The Morgan fingerprint density at radius 2 is 2.07 bits per heavy atom. The standard InChI is InChI=1S/C21H24N4O4/c1-3-25-17-7-5-4-6-16(17)23-20(25)13-24(2)21(26)22-10-11-27-15-8-9-18-19(12-15)29-14-28-18/h4-9,12H,3,10-11,13-14H2,1-2H3,(H,22,26). The van der Waals surface area contributed by atoms with Crippen LogP contribution in [0.2, 0.25) is 0 Å². The SMILES string of the molecule is CCn1c(CN(C)C(=O)NCCOc2ccc3c(c2)OCO3)nc2ccccc21. The molecule has 2 aromatic carbocycles. The van der Waals surface area contributed by atoms with E-state index in [0.717, 1.165) is 23.4 Å². The molecule has 0 saturated carbocycles. The van der Waals surface area contributed by atoms with Crippen LogP contribution in [0.1, 0.15) is 12.7 Å². The third kappa shape index (κ3) is 4.06. The number of amides is 2. The van der Waals surface area contributed by atoms with Gasteiger partial charge in [0.2, 0.25) is 6.79 Å². The average Bonchev–Trinajstić information content (AvgIpc) is 3.34. The summed E-state index contributed by atoms with van der Waals surface area (Å²) in [5.74, 6) is 2.92. The number of carbonyl (C=O) groups is 1. The van der Waals surface area contributed by atoms with Crippen molar-refractivity contribution in [2.24, 2.45) is 0 Å². The number of nitrogens with zero attached hydrogens (tertiary/aromatic N) is 3. The number of aromatic nitrogens is 2. The van der Waals surface area contributed by atoms with Gasteiger partial charge in [-0.25, -0.2) is 9.78 Å². The second-order valence-electron chi connectivity index (χ2n) is 6.71. The summed E-state index contributed by atoms with van der Waals surface area (Å²) < 4.78 is 18.4. The molecule has 0 bridgehead atoms. The predicted molar refractivity (Wildman–Crippen MR) is 108 cm³/mol. The van der Waals surface area contributed by atoms with E-state index >= 15 is 0 Å². The molecule has 1 aliphatic heterocycles. The number of benzene rings is 2. The van der Waals surface area contributed by atoms with Crippen molar-refractivity contribution in [3.63, 3.8) is 0 Å². The highest BCUT2D eigenvalue weighted by atomic mass is 16.7. The van der Waals surface area contributed by atoms with Gasteiger partial charge in [0, 0.05) is 19.7 Å². The van der Waals surface area contributed by atoms with Gasteiger partial charge in [-0.3, -0.25) is 0 Å². The molecule has 152 valence electrons. The van der Waals surface area contributed by atoms with Crippen molar-refractivity contribution in [1.82, 2.24) is 19.8 Å². The topological polar surface area (TPSA) is 77.9 Å². The maximum Gasteiger partial charge on any atom is 0.317 e. The van der Waals surface area contributed by atoms with Crippen molar-refractivity contribution in [1.29, 1.82) is 0 Å². The first-order chi connectivity index (χ1) is 14.2. The number of aryl methyl sites for hydroxylation is 1. The zero-order valence-corrected chi connectivity index (χ0v) is 16.6. The molecule has 1 N–H and O–H groups in total. The smallest absolute Gasteiger partial charge is 0.317 e. The van der Waals surface area contributed by atoms with Gasteiger partial charge >= 0.3 is 6.03 Å². The van der Waals surface area contributed by atoms with Crippen LogP contribution in [0, 0.1) is 0 Å². The van der Waals surface area contributed by atoms with Gasteiger partial charge in [-0.15, -0.1) is 0 Å². The highest BCUT2D eigenvalue weighted by molar-refractivity contribution is 5.76. The van der Waals surface area contributed by atoms with Crippen molar-refractivity contribution in [3.8, 4) is 17.2 Å². The monoisotopic (exact) mass is 396 g/mol. The van der Waals surface area contributed by atoms with Crippen LogP contribution in [0.4, 0.5) is 4.79 Å². The summed E-state index contributed by atoms with van der Waals surface area (Å²) in [6.07, 6.45) is 0. The lowest BCUT2D eigenvalue weighted by Gasteiger charge is -2.18.